The predicted octanol–water partition coefficient (Wildman–Crippen LogP) is 6.99. The van der Waals surface area contributed by atoms with Crippen molar-refractivity contribution in [2.24, 2.45) is 4.99 Å². The molecule has 0 spiro atoms. The highest BCUT2D eigenvalue weighted by atomic mass is 35.5. The van der Waals surface area contributed by atoms with Crippen LogP contribution in [0.2, 0.25) is 20.1 Å². The van der Waals surface area contributed by atoms with E-state index in [9.17, 15) is 9.59 Å². The first-order valence-corrected chi connectivity index (χ1v) is 14.8. The highest BCUT2D eigenvalue weighted by Crippen LogP contribution is 2.35. The lowest BCUT2D eigenvalue weighted by Gasteiger charge is -2.25. The Morgan fingerprint density at radius 1 is 1.02 bits per heavy atom. The Bertz CT molecular complexity index is 1870. The Balaban J connectivity index is 1.65. The number of thiazole rings is 1. The second kappa shape index (κ2) is 12.4. The van der Waals surface area contributed by atoms with Crippen molar-refractivity contribution >= 4 is 69.8 Å². The van der Waals surface area contributed by atoms with Crippen LogP contribution in [-0.4, -0.2) is 17.6 Å². The van der Waals surface area contributed by atoms with Crippen LogP contribution in [0, 0.1) is 0 Å². The summed E-state index contributed by atoms with van der Waals surface area (Å²) in [5, 5.41) is 1.49. The van der Waals surface area contributed by atoms with Gasteiger partial charge in [-0.1, -0.05) is 101 Å². The molecule has 5 rings (SSSR count). The Morgan fingerprint density at radius 2 is 1.78 bits per heavy atom. The third-order valence-electron chi connectivity index (χ3n) is 6.46. The lowest BCUT2D eigenvalue weighted by atomic mass is 9.95. The van der Waals surface area contributed by atoms with Crippen molar-refractivity contribution in [2.75, 3.05) is 7.11 Å². The number of hydrogen-bond donors (Lipinski definition) is 0. The molecule has 3 aromatic carbocycles. The molecule has 1 aliphatic rings. The first-order chi connectivity index (χ1) is 19.7. The summed E-state index contributed by atoms with van der Waals surface area (Å²) in [4.78, 5) is 32.1. The van der Waals surface area contributed by atoms with E-state index in [-0.39, 0.29) is 17.2 Å². The van der Waals surface area contributed by atoms with Crippen LogP contribution in [0.1, 0.15) is 36.1 Å². The van der Waals surface area contributed by atoms with E-state index in [2.05, 4.69) is 0 Å². The number of methoxy groups -OCH3 is 1. The molecule has 0 fully saturated rings. The Kier molecular flexibility index (Phi) is 8.92. The normalized spacial score (nSPS) is 15.0. The second-order valence-electron chi connectivity index (χ2n) is 9.04. The van der Waals surface area contributed by atoms with E-state index in [1.165, 1.54) is 23.0 Å². The lowest BCUT2D eigenvalue weighted by Crippen LogP contribution is -2.40. The number of rotatable bonds is 7. The largest absolute Gasteiger partial charge is 0.487 e. The van der Waals surface area contributed by atoms with Gasteiger partial charge in [0.2, 0.25) is 0 Å². The van der Waals surface area contributed by atoms with Crippen molar-refractivity contribution in [3.63, 3.8) is 0 Å². The minimum atomic E-state index is -0.703. The van der Waals surface area contributed by atoms with Gasteiger partial charge in [-0.2, -0.15) is 0 Å². The smallest absolute Gasteiger partial charge is 0.338 e. The van der Waals surface area contributed by atoms with E-state index >= 15 is 0 Å². The first-order valence-electron chi connectivity index (χ1n) is 12.5. The maximum absolute atomic E-state index is 14.0. The van der Waals surface area contributed by atoms with Gasteiger partial charge in [0.25, 0.3) is 5.56 Å². The average molecular weight is 648 g/mol. The number of benzene rings is 3. The fourth-order valence-electron chi connectivity index (χ4n) is 4.58. The Hall–Kier alpha value is -3.07. The number of esters is 1. The summed E-state index contributed by atoms with van der Waals surface area (Å²) in [5.41, 5.74) is 2.61. The number of allylic oxidation sites excluding steroid dienone is 1. The molecule has 0 radical (unpaired) electrons. The van der Waals surface area contributed by atoms with Crippen LogP contribution in [0.15, 0.2) is 81.7 Å². The monoisotopic (exact) mass is 646 g/mol. The number of carbonyl (C=O) groups is 1. The summed E-state index contributed by atoms with van der Waals surface area (Å²) >= 11 is 26.3. The molecule has 0 bridgehead atoms. The number of halogens is 4. The van der Waals surface area contributed by atoms with E-state index in [1.807, 2.05) is 37.3 Å². The molecule has 0 aliphatic carbocycles. The number of nitrogens with zero attached hydrogens (tertiary/aromatic N) is 2. The molecule has 41 heavy (non-hydrogen) atoms. The van der Waals surface area contributed by atoms with Gasteiger partial charge in [-0.05, 0) is 47.9 Å². The number of carbonyl (C=O) groups excluding carboxylic acids is 1. The average Bonchev–Trinajstić information content (AvgIpc) is 3.27. The molecule has 0 amide bonds. The van der Waals surface area contributed by atoms with Crippen LogP contribution in [0.25, 0.3) is 6.08 Å². The summed E-state index contributed by atoms with van der Waals surface area (Å²) in [6.07, 6.45) is 2.15. The minimum Gasteiger partial charge on any atom is -0.487 e. The van der Waals surface area contributed by atoms with Gasteiger partial charge in [0.1, 0.15) is 12.4 Å². The van der Waals surface area contributed by atoms with Crippen LogP contribution in [-0.2, 0) is 16.1 Å². The van der Waals surface area contributed by atoms with Gasteiger partial charge in [-0.15, -0.1) is 0 Å². The zero-order chi connectivity index (χ0) is 29.3. The highest BCUT2D eigenvalue weighted by Gasteiger charge is 2.33. The zero-order valence-electron chi connectivity index (χ0n) is 21.8. The quantitative estimate of drug-likeness (QED) is 0.203. The molecule has 1 aromatic heterocycles. The molecular weight excluding hydrogens is 626 g/mol. The van der Waals surface area contributed by atoms with Gasteiger partial charge in [-0.25, -0.2) is 9.79 Å². The number of hydrogen-bond acceptors (Lipinski definition) is 6. The fraction of sp³-hybridized carbons (Fsp3) is 0.167. The van der Waals surface area contributed by atoms with Crippen LogP contribution < -0.4 is 19.6 Å². The molecule has 6 nitrogen and oxygen atoms in total. The highest BCUT2D eigenvalue weighted by molar-refractivity contribution is 7.07. The number of fused-ring (bicyclic) bond motifs is 1. The van der Waals surface area contributed by atoms with Gasteiger partial charge >= 0.3 is 5.97 Å². The molecule has 0 N–H and O–H groups in total. The molecule has 0 saturated heterocycles. The predicted molar refractivity (Wildman–Crippen MR) is 164 cm³/mol. The fourth-order valence-corrected chi connectivity index (χ4v) is 6.48. The van der Waals surface area contributed by atoms with E-state index in [4.69, 9.17) is 60.9 Å². The summed E-state index contributed by atoms with van der Waals surface area (Å²) in [7, 11) is 1.32. The maximum Gasteiger partial charge on any atom is 0.338 e. The molecule has 11 heteroatoms. The van der Waals surface area contributed by atoms with Crippen molar-refractivity contribution < 1.29 is 14.3 Å². The molecule has 1 aliphatic heterocycles. The molecule has 0 unspecified atom stereocenters. The van der Waals surface area contributed by atoms with E-state index in [1.54, 1.807) is 36.4 Å². The van der Waals surface area contributed by atoms with Gasteiger partial charge < -0.3 is 9.47 Å². The van der Waals surface area contributed by atoms with E-state index < -0.39 is 12.0 Å². The van der Waals surface area contributed by atoms with E-state index in [0.29, 0.717) is 53.4 Å². The van der Waals surface area contributed by atoms with Crippen LogP contribution in [0.5, 0.6) is 5.75 Å². The summed E-state index contributed by atoms with van der Waals surface area (Å²) in [5.74, 6) is -0.189. The third kappa shape index (κ3) is 5.96. The van der Waals surface area contributed by atoms with Crippen molar-refractivity contribution in [3.8, 4) is 5.75 Å². The topological polar surface area (TPSA) is 69.9 Å². The van der Waals surface area contributed by atoms with Crippen LogP contribution in [0.4, 0.5) is 0 Å². The van der Waals surface area contributed by atoms with Crippen molar-refractivity contribution in [2.45, 2.75) is 26.0 Å². The van der Waals surface area contributed by atoms with Gasteiger partial charge in [0.15, 0.2) is 4.80 Å². The molecule has 210 valence electrons. The minimum absolute atomic E-state index is 0.149. The van der Waals surface area contributed by atoms with Gasteiger partial charge in [-0.3, -0.25) is 9.36 Å². The van der Waals surface area contributed by atoms with Crippen LogP contribution >= 0.6 is 57.7 Å². The Morgan fingerprint density at radius 3 is 2.46 bits per heavy atom. The summed E-state index contributed by atoms with van der Waals surface area (Å²) < 4.78 is 13.1. The molecule has 4 aromatic rings. The number of aromatic nitrogens is 1. The Labute approximate surface area is 259 Å². The maximum atomic E-state index is 14.0. The molecule has 0 saturated carbocycles. The molecule has 2 heterocycles. The third-order valence-corrected chi connectivity index (χ3v) is 8.68. The second-order valence-corrected chi connectivity index (χ2v) is 11.7. The van der Waals surface area contributed by atoms with Gasteiger partial charge in [0, 0.05) is 10.6 Å². The first kappa shape index (κ1) is 29.4. The molecular formula is C30H22Cl4N2O4S. The van der Waals surface area contributed by atoms with Gasteiger partial charge in [0.05, 0.1) is 44.0 Å². The standard InChI is InChI=1S/C30H22Cl4N2O4S/c1-3-23-25(29(38)39-2)26(17-7-5-4-6-8-17)36-28(37)24(41-30(36)35-23)13-18-12-19(31)14-22(34)27(18)40-15-16-9-10-20(32)21(33)11-16/h4-14,26H,3,15H2,1-2H3/b24-13+/t26-/m0/s1. The van der Waals surface area contributed by atoms with Crippen molar-refractivity contribution in [1.82, 2.24) is 4.57 Å². The summed E-state index contributed by atoms with van der Waals surface area (Å²) in [6.45, 7) is 2.06. The lowest BCUT2D eigenvalue weighted by molar-refractivity contribution is -0.136. The van der Waals surface area contributed by atoms with E-state index in [0.717, 1.165) is 11.1 Å². The molecule has 1 atom stereocenters. The summed E-state index contributed by atoms with van der Waals surface area (Å²) in [6, 6.07) is 17.0. The zero-order valence-corrected chi connectivity index (χ0v) is 25.6. The van der Waals surface area contributed by atoms with Crippen molar-refractivity contribution in [3.05, 3.63) is 128 Å². The van der Waals surface area contributed by atoms with Crippen molar-refractivity contribution in [1.29, 1.82) is 0 Å². The number of ether oxygens (including phenoxy) is 2. The SMILES string of the molecule is CCC1=C(C(=O)OC)[C@H](c2ccccc2)n2c(s/c(=C/c3cc(Cl)cc(Cl)c3OCc3ccc(Cl)c(Cl)c3)c2=O)=N1. The van der Waals surface area contributed by atoms with Crippen LogP contribution in [0.3, 0.4) is 0 Å².